The van der Waals surface area contributed by atoms with Crippen molar-refractivity contribution in [3.8, 4) is 0 Å². The molecule has 18 heavy (non-hydrogen) atoms. The highest BCUT2D eigenvalue weighted by Crippen LogP contribution is 2.08. The van der Waals surface area contributed by atoms with Gasteiger partial charge in [0.2, 0.25) is 0 Å². The quantitative estimate of drug-likeness (QED) is 0.771. The van der Waals surface area contributed by atoms with Crippen LogP contribution < -0.4 is 5.32 Å². The molecule has 1 N–H and O–H groups in total. The zero-order valence-electron chi connectivity index (χ0n) is 11.6. The molecule has 1 heterocycles. The van der Waals surface area contributed by atoms with Gasteiger partial charge in [0.05, 0.1) is 6.20 Å². The zero-order chi connectivity index (χ0) is 13.4. The van der Waals surface area contributed by atoms with E-state index in [2.05, 4.69) is 36.0 Å². The van der Waals surface area contributed by atoms with E-state index in [0.717, 1.165) is 38.3 Å². The van der Waals surface area contributed by atoms with Gasteiger partial charge in [0.15, 0.2) is 0 Å². The summed E-state index contributed by atoms with van der Waals surface area (Å²) in [5.41, 5.74) is 0. The minimum Gasteiger partial charge on any atom is -0.368 e. The third-order valence-electron chi connectivity index (χ3n) is 3.13. The molecule has 0 aliphatic heterocycles. The third kappa shape index (κ3) is 5.45. The third-order valence-corrected chi connectivity index (χ3v) is 3.13. The van der Waals surface area contributed by atoms with Crippen LogP contribution in [-0.2, 0) is 0 Å². The summed E-state index contributed by atoms with van der Waals surface area (Å²) >= 11 is 0. The van der Waals surface area contributed by atoms with Crippen molar-refractivity contribution < 1.29 is 4.39 Å². The lowest BCUT2D eigenvalue weighted by atomic mass is 10.1. The normalized spacial score (nSPS) is 12.7. The summed E-state index contributed by atoms with van der Waals surface area (Å²) in [5.74, 6) is 0.446. The lowest BCUT2D eigenvalue weighted by Crippen LogP contribution is -2.25. The minimum absolute atomic E-state index is 0.297. The van der Waals surface area contributed by atoms with Crippen LogP contribution in [-0.4, -0.2) is 35.6 Å². The van der Waals surface area contributed by atoms with Crippen molar-refractivity contribution in [3.05, 3.63) is 24.1 Å². The van der Waals surface area contributed by atoms with Crippen LogP contribution in [0, 0.1) is 5.82 Å². The Kier molecular flexibility index (Phi) is 6.65. The predicted molar refractivity (Wildman–Crippen MR) is 74.3 cm³/mol. The summed E-state index contributed by atoms with van der Waals surface area (Å²) < 4.78 is 12.7. The Balaban J connectivity index is 2.25. The summed E-state index contributed by atoms with van der Waals surface area (Å²) in [4.78, 5) is 6.42. The van der Waals surface area contributed by atoms with Gasteiger partial charge in [0, 0.05) is 6.04 Å². The molecular formula is C14H24FN3. The number of aromatic nitrogens is 1. The van der Waals surface area contributed by atoms with Crippen LogP contribution in [0.25, 0.3) is 0 Å². The first-order valence-electron chi connectivity index (χ1n) is 6.76. The first-order chi connectivity index (χ1) is 8.65. The van der Waals surface area contributed by atoms with E-state index >= 15 is 0 Å². The fraction of sp³-hybridized carbons (Fsp3) is 0.643. The van der Waals surface area contributed by atoms with Crippen molar-refractivity contribution in [1.82, 2.24) is 9.88 Å². The molecule has 0 aliphatic rings. The highest BCUT2D eigenvalue weighted by molar-refractivity contribution is 5.34. The lowest BCUT2D eigenvalue weighted by Gasteiger charge is -2.20. The Hall–Kier alpha value is -1.16. The van der Waals surface area contributed by atoms with Gasteiger partial charge in [0.1, 0.15) is 11.6 Å². The van der Waals surface area contributed by atoms with Crippen molar-refractivity contribution in [1.29, 1.82) is 0 Å². The molecule has 1 rings (SSSR count). The average Bonchev–Trinajstić information content (AvgIpc) is 2.37. The molecule has 0 amide bonds. The molecule has 3 nitrogen and oxygen atoms in total. The summed E-state index contributed by atoms with van der Waals surface area (Å²) in [6, 6.07) is 3.47. The Morgan fingerprint density at radius 2 is 2.06 bits per heavy atom. The molecule has 1 aromatic heterocycles. The van der Waals surface area contributed by atoms with Gasteiger partial charge in [-0.3, -0.25) is 0 Å². The number of rotatable bonds is 8. The highest BCUT2D eigenvalue weighted by Gasteiger charge is 2.04. The van der Waals surface area contributed by atoms with Crippen LogP contribution in [0.4, 0.5) is 10.2 Å². The van der Waals surface area contributed by atoms with E-state index in [1.54, 1.807) is 6.07 Å². The van der Waals surface area contributed by atoms with E-state index < -0.39 is 0 Å². The number of nitrogens with zero attached hydrogens (tertiary/aromatic N) is 2. The van der Waals surface area contributed by atoms with E-state index in [1.165, 1.54) is 12.3 Å². The molecule has 0 aromatic carbocycles. The monoisotopic (exact) mass is 253 g/mol. The fourth-order valence-electron chi connectivity index (χ4n) is 1.95. The number of hydrogen-bond acceptors (Lipinski definition) is 3. The molecule has 4 heteroatoms. The maximum Gasteiger partial charge on any atom is 0.141 e. The number of anilines is 1. The van der Waals surface area contributed by atoms with E-state index in [-0.39, 0.29) is 5.82 Å². The first-order valence-corrected chi connectivity index (χ1v) is 6.76. The van der Waals surface area contributed by atoms with Crippen molar-refractivity contribution >= 4 is 5.82 Å². The molecule has 0 fully saturated rings. The molecule has 0 bridgehead atoms. The van der Waals surface area contributed by atoms with E-state index in [4.69, 9.17) is 0 Å². The second-order valence-corrected chi connectivity index (χ2v) is 4.58. The molecule has 0 spiro atoms. The second-order valence-electron chi connectivity index (χ2n) is 4.58. The SMILES string of the molecule is CCN(CC)CCCC(C)Nc1ccc(F)cn1. The standard InChI is InChI=1S/C14H24FN3/c1-4-18(5-2)10-6-7-12(3)17-14-9-8-13(15)11-16-14/h8-9,11-12H,4-7,10H2,1-3H3,(H,16,17). The van der Waals surface area contributed by atoms with Crippen LogP contribution in [0.2, 0.25) is 0 Å². The Bertz CT molecular complexity index is 322. The Morgan fingerprint density at radius 3 is 2.61 bits per heavy atom. The van der Waals surface area contributed by atoms with Crippen molar-refractivity contribution in [2.75, 3.05) is 25.0 Å². The average molecular weight is 253 g/mol. The van der Waals surface area contributed by atoms with Crippen LogP contribution in [0.3, 0.4) is 0 Å². The van der Waals surface area contributed by atoms with Gasteiger partial charge in [-0.25, -0.2) is 9.37 Å². The number of halogens is 1. The van der Waals surface area contributed by atoms with E-state index in [9.17, 15) is 4.39 Å². The molecule has 1 aromatic rings. The molecule has 102 valence electrons. The van der Waals surface area contributed by atoms with E-state index in [0.29, 0.717) is 6.04 Å². The van der Waals surface area contributed by atoms with E-state index in [1.807, 2.05) is 0 Å². The van der Waals surface area contributed by atoms with Gasteiger partial charge >= 0.3 is 0 Å². The summed E-state index contributed by atoms with van der Waals surface area (Å²) in [6.45, 7) is 9.86. The van der Waals surface area contributed by atoms with Crippen LogP contribution in [0.15, 0.2) is 18.3 Å². The van der Waals surface area contributed by atoms with Crippen LogP contribution in [0.5, 0.6) is 0 Å². The molecule has 1 unspecified atom stereocenters. The summed E-state index contributed by atoms with van der Waals surface area (Å²) in [7, 11) is 0. The highest BCUT2D eigenvalue weighted by atomic mass is 19.1. The summed E-state index contributed by atoms with van der Waals surface area (Å²) in [6.07, 6.45) is 3.50. The molecule has 0 radical (unpaired) electrons. The number of hydrogen-bond donors (Lipinski definition) is 1. The fourth-order valence-corrected chi connectivity index (χ4v) is 1.95. The molecular weight excluding hydrogens is 229 g/mol. The van der Waals surface area contributed by atoms with Gasteiger partial charge < -0.3 is 10.2 Å². The maximum atomic E-state index is 12.7. The topological polar surface area (TPSA) is 28.2 Å². The largest absolute Gasteiger partial charge is 0.368 e. The predicted octanol–water partition coefficient (Wildman–Crippen LogP) is 3.14. The molecule has 0 aliphatic carbocycles. The van der Waals surface area contributed by atoms with Gasteiger partial charge in [-0.2, -0.15) is 0 Å². The molecule has 0 saturated carbocycles. The minimum atomic E-state index is -0.297. The molecule has 0 saturated heterocycles. The van der Waals surface area contributed by atoms with Gasteiger partial charge in [-0.1, -0.05) is 13.8 Å². The van der Waals surface area contributed by atoms with Crippen molar-refractivity contribution in [3.63, 3.8) is 0 Å². The smallest absolute Gasteiger partial charge is 0.141 e. The van der Waals surface area contributed by atoms with Crippen molar-refractivity contribution in [2.24, 2.45) is 0 Å². The van der Waals surface area contributed by atoms with Gasteiger partial charge in [-0.05, 0) is 51.5 Å². The van der Waals surface area contributed by atoms with Gasteiger partial charge in [0.25, 0.3) is 0 Å². The Labute approximate surface area is 109 Å². The first kappa shape index (κ1) is 14.9. The van der Waals surface area contributed by atoms with Crippen LogP contribution >= 0.6 is 0 Å². The van der Waals surface area contributed by atoms with Gasteiger partial charge in [-0.15, -0.1) is 0 Å². The maximum absolute atomic E-state index is 12.7. The number of pyridine rings is 1. The molecule has 1 atom stereocenters. The summed E-state index contributed by atoms with van der Waals surface area (Å²) in [5, 5.41) is 3.28. The Morgan fingerprint density at radius 1 is 1.33 bits per heavy atom. The van der Waals surface area contributed by atoms with Crippen LogP contribution in [0.1, 0.15) is 33.6 Å². The lowest BCUT2D eigenvalue weighted by molar-refractivity contribution is 0.295. The zero-order valence-corrected chi connectivity index (χ0v) is 11.6. The van der Waals surface area contributed by atoms with Crippen molar-refractivity contribution in [2.45, 2.75) is 39.7 Å². The number of nitrogens with one attached hydrogen (secondary N) is 1. The second kappa shape index (κ2) is 8.03.